The molecule has 0 radical (unpaired) electrons. The molecular formula is C23H23NO3. The Balaban J connectivity index is 1.84. The Morgan fingerprint density at radius 2 is 1.63 bits per heavy atom. The molecular weight excluding hydrogens is 338 g/mol. The fraction of sp³-hybridized carbons (Fsp3) is 0.261. The second-order valence-electron chi connectivity index (χ2n) is 6.85. The monoisotopic (exact) mass is 361 g/mol. The van der Waals surface area contributed by atoms with Gasteiger partial charge >= 0.3 is 0 Å². The number of aromatic nitrogens is 1. The van der Waals surface area contributed by atoms with Crippen LogP contribution >= 0.6 is 0 Å². The average molecular weight is 361 g/mol. The smallest absolute Gasteiger partial charge is 0.179 e. The van der Waals surface area contributed by atoms with Crippen LogP contribution in [0.5, 0.6) is 11.5 Å². The first-order valence-electron chi connectivity index (χ1n) is 9.22. The molecule has 0 saturated carbocycles. The molecule has 2 aromatic carbocycles. The van der Waals surface area contributed by atoms with Gasteiger partial charge in [0.1, 0.15) is 11.5 Å². The summed E-state index contributed by atoms with van der Waals surface area (Å²) in [7, 11) is 3.30. The van der Waals surface area contributed by atoms with Crippen molar-refractivity contribution in [3.8, 4) is 22.8 Å². The zero-order valence-corrected chi connectivity index (χ0v) is 15.7. The number of methoxy groups -OCH3 is 2. The summed E-state index contributed by atoms with van der Waals surface area (Å²) in [5.41, 5.74) is 5.24. The Kier molecular flexibility index (Phi) is 4.71. The van der Waals surface area contributed by atoms with Crippen molar-refractivity contribution >= 4 is 5.78 Å². The number of ketones is 1. The molecule has 138 valence electrons. The van der Waals surface area contributed by atoms with Gasteiger partial charge in [-0.1, -0.05) is 30.3 Å². The highest BCUT2D eigenvalue weighted by atomic mass is 16.5. The van der Waals surface area contributed by atoms with Crippen molar-refractivity contribution in [2.75, 3.05) is 14.2 Å². The van der Waals surface area contributed by atoms with Crippen molar-refractivity contribution in [1.82, 2.24) is 4.57 Å². The van der Waals surface area contributed by atoms with E-state index in [0.29, 0.717) is 13.0 Å². The van der Waals surface area contributed by atoms with Crippen molar-refractivity contribution in [1.29, 1.82) is 0 Å². The van der Waals surface area contributed by atoms with Gasteiger partial charge in [0.2, 0.25) is 0 Å². The predicted molar refractivity (Wildman–Crippen MR) is 106 cm³/mol. The number of fused-ring (bicyclic) bond motifs is 1. The highest BCUT2D eigenvalue weighted by Gasteiger charge is 2.25. The molecule has 0 saturated heterocycles. The quantitative estimate of drug-likeness (QED) is 0.659. The van der Waals surface area contributed by atoms with Gasteiger partial charge in [-0.2, -0.15) is 0 Å². The van der Waals surface area contributed by atoms with Crippen LogP contribution in [0.15, 0.2) is 54.6 Å². The standard InChI is InChI=1S/C23H23NO3/c1-26-19-11-16(12-20(14-19)27-2)15-24-21(17-7-4-3-5-8-17)13-18-9-6-10-22(25)23(18)24/h3-5,7-8,11-14H,6,9-10,15H2,1-2H3. The van der Waals surface area contributed by atoms with Crippen LogP contribution in [0.1, 0.15) is 34.5 Å². The Morgan fingerprint density at radius 3 is 2.30 bits per heavy atom. The van der Waals surface area contributed by atoms with E-state index in [9.17, 15) is 4.79 Å². The average Bonchev–Trinajstić information content (AvgIpc) is 3.08. The first-order valence-corrected chi connectivity index (χ1v) is 9.22. The van der Waals surface area contributed by atoms with Gasteiger partial charge in [-0.25, -0.2) is 0 Å². The number of aryl methyl sites for hydroxylation is 1. The first-order chi connectivity index (χ1) is 13.2. The number of ether oxygens (including phenoxy) is 2. The molecule has 1 aliphatic rings. The zero-order valence-electron chi connectivity index (χ0n) is 15.7. The Bertz CT molecular complexity index is 951. The van der Waals surface area contributed by atoms with Crippen LogP contribution in [-0.4, -0.2) is 24.6 Å². The SMILES string of the molecule is COc1cc(Cn2c(-c3ccccc3)cc3c2C(=O)CCC3)cc(OC)c1. The molecule has 4 nitrogen and oxygen atoms in total. The van der Waals surface area contributed by atoms with Crippen molar-refractivity contribution in [3.05, 3.63) is 71.4 Å². The molecule has 0 aliphatic heterocycles. The van der Waals surface area contributed by atoms with Gasteiger partial charge in [-0.15, -0.1) is 0 Å². The second kappa shape index (κ2) is 7.31. The molecule has 0 N–H and O–H groups in total. The van der Waals surface area contributed by atoms with Crippen molar-refractivity contribution in [2.24, 2.45) is 0 Å². The van der Waals surface area contributed by atoms with E-state index in [1.54, 1.807) is 14.2 Å². The van der Waals surface area contributed by atoms with Crippen LogP contribution in [0.4, 0.5) is 0 Å². The van der Waals surface area contributed by atoms with Gasteiger partial charge in [0, 0.05) is 24.7 Å². The van der Waals surface area contributed by atoms with E-state index >= 15 is 0 Å². The van der Waals surface area contributed by atoms with Crippen LogP contribution in [0.2, 0.25) is 0 Å². The zero-order chi connectivity index (χ0) is 18.8. The van der Waals surface area contributed by atoms with Gasteiger partial charge in [0.25, 0.3) is 0 Å². The number of hydrogen-bond acceptors (Lipinski definition) is 3. The number of rotatable bonds is 5. The van der Waals surface area contributed by atoms with E-state index in [0.717, 1.165) is 52.4 Å². The highest BCUT2D eigenvalue weighted by molar-refractivity contribution is 5.98. The van der Waals surface area contributed by atoms with Gasteiger partial charge in [0.05, 0.1) is 19.9 Å². The van der Waals surface area contributed by atoms with Gasteiger partial charge in [0.15, 0.2) is 5.78 Å². The fourth-order valence-electron chi connectivity index (χ4n) is 3.84. The van der Waals surface area contributed by atoms with Gasteiger partial charge in [-0.3, -0.25) is 4.79 Å². The number of carbonyl (C=O) groups excluding carboxylic acids is 1. The number of benzene rings is 2. The van der Waals surface area contributed by atoms with Gasteiger partial charge < -0.3 is 14.0 Å². The maximum atomic E-state index is 12.7. The lowest BCUT2D eigenvalue weighted by molar-refractivity contribution is 0.0963. The summed E-state index contributed by atoms with van der Waals surface area (Å²) in [6, 6.07) is 18.3. The molecule has 1 aromatic heterocycles. The normalized spacial score (nSPS) is 13.3. The number of Topliss-reactive ketones (excluding diaryl/α,β-unsaturated/α-hetero) is 1. The largest absolute Gasteiger partial charge is 0.497 e. The lowest BCUT2D eigenvalue weighted by Gasteiger charge is -2.17. The molecule has 1 aliphatic carbocycles. The molecule has 0 amide bonds. The van der Waals surface area contributed by atoms with E-state index < -0.39 is 0 Å². The van der Waals surface area contributed by atoms with E-state index in [1.165, 1.54) is 0 Å². The van der Waals surface area contributed by atoms with Crippen LogP contribution in [0.25, 0.3) is 11.3 Å². The Hall–Kier alpha value is -3.01. The number of carbonyl (C=O) groups is 1. The van der Waals surface area contributed by atoms with E-state index in [1.807, 2.05) is 36.4 Å². The fourth-order valence-corrected chi connectivity index (χ4v) is 3.84. The second-order valence-corrected chi connectivity index (χ2v) is 6.85. The third kappa shape index (κ3) is 3.35. The van der Waals surface area contributed by atoms with Crippen molar-refractivity contribution in [3.63, 3.8) is 0 Å². The maximum absolute atomic E-state index is 12.7. The predicted octanol–water partition coefficient (Wildman–Crippen LogP) is 4.74. The number of nitrogens with zero attached hydrogens (tertiary/aromatic N) is 1. The minimum Gasteiger partial charge on any atom is -0.497 e. The number of hydrogen-bond donors (Lipinski definition) is 0. The summed E-state index contributed by atoms with van der Waals surface area (Å²) < 4.78 is 13.0. The molecule has 0 unspecified atom stereocenters. The van der Waals surface area contributed by atoms with Crippen LogP contribution in [-0.2, 0) is 13.0 Å². The molecule has 0 atom stereocenters. The summed E-state index contributed by atoms with van der Waals surface area (Å²) >= 11 is 0. The van der Waals surface area contributed by atoms with E-state index in [4.69, 9.17) is 9.47 Å². The van der Waals surface area contributed by atoms with Crippen LogP contribution in [0, 0.1) is 0 Å². The summed E-state index contributed by atoms with van der Waals surface area (Å²) in [4.78, 5) is 12.7. The lowest BCUT2D eigenvalue weighted by Crippen LogP contribution is -2.16. The molecule has 0 fully saturated rings. The molecule has 0 bridgehead atoms. The van der Waals surface area contributed by atoms with Crippen LogP contribution < -0.4 is 9.47 Å². The third-order valence-corrected chi connectivity index (χ3v) is 5.11. The maximum Gasteiger partial charge on any atom is 0.179 e. The minimum atomic E-state index is 0.230. The molecule has 4 heteroatoms. The molecule has 27 heavy (non-hydrogen) atoms. The Morgan fingerprint density at radius 1 is 0.926 bits per heavy atom. The third-order valence-electron chi connectivity index (χ3n) is 5.11. The summed E-state index contributed by atoms with van der Waals surface area (Å²) in [6.45, 7) is 0.596. The van der Waals surface area contributed by atoms with Crippen LogP contribution in [0.3, 0.4) is 0 Å². The molecule has 4 rings (SSSR count). The first kappa shape index (κ1) is 17.4. The molecule has 1 heterocycles. The van der Waals surface area contributed by atoms with Crippen molar-refractivity contribution < 1.29 is 14.3 Å². The molecule has 0 spiro atoms. The van der Waals surface area contributed by atoms with E-state index in [-0.39, 0.29) is 5.78 Å². The summed E-state index contributed by atoms with van der Waals surface area (Å²) in [5.74, 6) is 1.73. The van der Waals surface area contributed by atoms with E-state index in [2.05, 4.69) is 22.8 Å². The Labute approximate surface area is 159 Å². The topological polar surface area (TPSA) is 40.5 Å². The highest BCUT2D eigenvalue weighted by Crippen LogP contribution is 2.33. The van der Waals surface area contributed by atoms with Gasteiger partial charge in [-0.05, 0) is 47.7 Å². The summed E-state index contributed by atoms with van der Waals surface area (Å²) in [6.07, 6.45) is 2.50. The lowest BCUT2D eigenvalue weighted by atomic mass is 9.96. The molecule has 3 aromatic rings. The van der Waals surface area contributed by atoms with Crippen molar-refractivity contribution in [2.45, 2.75) is 25.8 Å². The summed E-state index contributed by atoms with van der Waals surface area (Å²) in [5, 5.41) is 0. The minimum absolute atomic E-state index is 0.230.